The van der Waals surface area contributed by atoms with Crippen molar-refractivity contribution in [1.29, 1.82) is 5.26 Å². The van der Waals surface area contributed by atoms with Crippen molar-refractivity contribution in [2.45, 2.75) is 19.3 Å². The van der Waals surface area contributed by atoms with Gasteiger partial charge in [0.05, 0.1) is 36.9 Å². The van der Waals surface area contributed by atoms with E-state index in [-0.39, 0.29) is 22.8 Å². The lowest BCUT2D eigenvalue weighted by atomic mass is 9.85. The summed E-state index contributed by atoms with van der Waals surface area (Å²) in [6.45, 7) is 5.01. The van der Waals surface area contributed by atoms with E-state index >= 15 is 0 Å². The van der Waals surface area contributed by atoms with Gasteiger partial charge in [0.1, 0.15) is 11.8 Å². The molecule has 0 amide bonds. The van der Waals surface area contributed by atoms with Crippen LogP contribution in [0.5, 0.6) is 11.5 Å². The predicted molar refractivity (Wildman–Crippen MR) is 116 cm³/mol. The van der Waals surface area contributed by atoms with Crippen LogP contribution in [0, 0.1) is 17.1 Å². The van der Waals surface area contributed by atoms with E-state index in [1.807, 2.05) is 6.07 Å². The standard InChI is InChI=1S/C23H22FN5O2/c1-23(2)12-27-21-14(11-25)7-13(8-16(21)23)17-5-6-26-22(28-17)29-18-9-15(30-3)10-19(31-4)20(18)24/h5-10,27H,12H2,1-4H3,(H,26,28,29). The van der Waals surface area contributed by atoms with E-state index in [4.69, 9.17) is 9.47 Å². The highest BCUT2D eigenvalue weighted by atomic mass is 19.1. The molecular weight excluding hydrogens is 397 g/mol. The highest BCUT2D eigenvalue weighted by Gasteiger charge is 2.32. The number of fused-ring (bicyclic) bond motifs is 1. The molecule has 0 atom stereocenters. The summed E-state index contributed by atoms with van der Waals surface area (Å²) in [5.41, 5.74) is 3.94. The summed E-state index contributed by atoms with van der Waals surface area (Å²) < 4.78 is 25.0. The second-order valence-corrected chi connectivity index (χ2v) is 7.88. The molecule has 0 spiro atoms. The number of anilines is 3. The van der Waals surface area contributed by atoms with Gasteiger partial charge in [0, 0.05) is 35.9 Å². The van der Waals surface area contributed by atoms with Crippen molar-refractivity contribution < 1.29 is 13.9 Å². The van der Waals surface area contributed by atoms with Crippen LogP contribution >= 0.6 is 0 Å². The number of nitrogens with one attached hydrogen (secondary N) is 2. The molecule has 2 N–H and O–H groups in total. The highest BCUT2D eigenvalue weighted by Crippen LogP contribution is 2.41. The molecule has 158 valence electrons. The molecule has 0 saturated heterocycles. The van der Waals surface area contributed by atoms with E-state index in [1.54, 1.807) is 18.3 Å². The second-order valence-electron chi connectivity index (χ2n) is 7.88. The zero-order chi connectivity index (χ0) is 22.2. The molecule has 0 unspecified atom stereocenters. The fourth-order valence-corrected chi connectivity index (χ4v) is 3.64. The lowest BCUT2D eigenvalue weighted by Crippen LogP contribution is -2.18. The molecule has 8 heteroatoms. The van der Waals surface area contributed by atoms with Crippen molar-refractivity contribution >= 4 is 17.3 Å². The van der Waals surface area contributed by atoms with E-state index < -0.39 is 5.82 Å². The predicted octanol–water partition coefficient (Wildman–Crippen LogP) is 4.62. The number of ether oxygens (including phenoxy) is 2. The number of benzene rings is 2. The Balaban J connectivity index is 1.74. The van der Waals surface area contributed by atoms with E-state index in [1.165, 1.54) is 26.4 Å². The topological polar surface area (TPSA) is 92.1 Å². The van der Waals surface area contributed by atoms with E-state index in [2.05, 4.69) is 40.5 Å². The van der Waals surface area contributed by atoms with Gasteiger partial charge in [-0.25, -0.2) is 14.4 Å². The smallest absolute Gasteiger partial charge is 0.227 e. The first kappa shape index (κ1) is 20.4. The summed E-state index contributed by atoms with van der Waals surface area (Å²) >= 11 is 0. The van der Waals surface area contributed by atoms with Crippen LogP contribution in [0.3, 0.4) is 0 Å². The van der Waals surface area contributed by atoms with Crippen LogP contribution in [0.4, 0.5) is 21.7 Å². The third-order valence-electron chi connectivity index (χ3n) is 5.36. The SMILES string of the molecule is COc1cc(Nc2nccc(-c3cc(C#N)c4c(c3)C(C)(C)CN4)n2)c(F)c(OC)c1. The lowest BCUT2D eigenvalue weighted by molar-refractivity contribution is 0.375. The Kier molecular flexibility index (Phi) is 5.11. The lowest BCUT2D eigenvalue weighted by Gasteiger charge is -2.18. The molecule has 31 heavy (non-hydrogen) atoms. The van der Waals surface area contributed by atoms with Crippen molar-refractivity contribution in [1.82, 2.24) is 9.97 Å². The maximum Gasteiger partial charge on any atom is 0.227 e. The minimum atomic E-state index is -0.575. The maximum atomic E-state index is 14.7. The second kappa shape index (κ2) is 7.76. The van der Waals surface area contributed by atoms with Crippen LogP contribution in [-0.2, 0) is 5.41 Å². The zero-order valence-corrected chi connectivity index (χ0v) is 17.7. The third kappa shape index (κ3) is 3.70. The van der Waals surface area contributed by atoms with Gasteiger partial charge in [-0.05, 0) is 23.8 Å². The molecular formula is C23H22FN5O2. The average Bonchev–Trinajstić information content (AvgIpc) is 3.09. The Labute approximate surface area is 179 Å². The molecule has 2 aromatic carbocycles. The van der Waals surface area contributed by atoms with Gasteiger partial charge in [0.15, 0.2) is 11.6 Å². The number of hydrogen-bond acceptors (Lipinski definition) is 7. The number of aromatic nitrogens is 2. The van der Waals surface area contributed by atoms with Gasteiger partial charge in [-0.2, -0.15) is 5.26 Å². The average molecular weight is 419 g/mol. The number of rotatable bonds is 5. The normalized spacial score (nSPS) is 13.7. The quantitative estimate of drug-likeness (QED) is 0.623. The van der Waals surface area contributed by atoms with Gasteiger partial charge in [-0.3, -0.25) is 0 Å². The van der Waals surface area contributed by atoms with Gasteiger partial charge in [0.25, 0.3) is 0 Å². The van der Waals surface area contributed by atoms with Crippen LogP contribution in [0.1, 0.15) is 25.0 Å². The van der Waals surface area contributed by atoms with Gasteiger partial charge >= 0.3 is 0 Å². The van der Waals surface area contributed by atoms with Crippen molar-refractivity contribution in [2.75, 3.05) is 31.4 Å². The van der Waals surface area contributed by atoms with Crippen LogP contribution in [-0.4, -0.2) is 30.7 Å². The molecule has 7 nitrogen and oxygen atoms in total. The Morgan fingerprint density at radius 2 is 2.00 bits per heavy atom. The number of nitriles is 1. The van der Waals surface area contributed by atoms with Gasteiger partial charge < -0.3 is 20.1 Å². The summed E-state index contributed by atoms with van der Waals surface area (Å²) in [4.78, 5) is 8.75. The van der Waals surface area contributed by atoms with Crippen molar-refractivity contribution in [3.05, 3.63) is 53.5 Å². The molecule has 0 fully saturated rings. The van der Waals surface area contributed by atoms with Gasteiger partial charge in [0.2, 0.25) is 5.95 Å². The molecule has 0 bridgehead atoms. The zero-order valence-electron chi connectivity index (χ0n) is 17.7. The molecule has 1 aliphatic heterocycles. The number of nitrogens with zero attached hydrogens (tertiary/aromatic N) is 3. The van der Waals surface area contributed by atoms with Crippen molar-refractivity contribution in [3.63, 3.8) is 0 Å². The van der Waals surface area contributed by atoms with Crippen molar-refractivity contribution in [2.24, 2.45) is 0 Å². The van der Waals surface area contributed by atoms with Crippen molar-refractivity contribution in [3.8, 4) is 28.8 Å². The Hall–Kier alpha value is -3.86. The first-order valence-corrected chi connectivity index (χ1v) is 9.70. The molecule has 1 aromatic heterocycles. The fraction of sp³-hybridized carbons (Fsp3) is 0.261. The fourth-order valence-electron chi connectivity index (χ4n) is 3.64. The summed E-state index contributed by atoms with van der Waals surface area (Å²) in [6, 6.07) is 10.8. The highest BCUT2D eigenvalue weighted by molar-refractivity contribution is 5.76. The van der Waals surface area contributed by atoms with Gasteiger partial charge in [-0.1, -0.05) is 13.8 Å². The maximum absolute atomic E-state index is 14.7. The molecule has 0 saturated carbocycles. The summed E-state index contributed by atoms with van der Waals surface area (Å²) in [6.07, 6.45) is 1.59. The summed E-state index contributed by atoms with van der Waals surface area (Å²) in [5, 5.41) is 15.8. The third-order valence-corrected chi connectivity index (χ3v) is 5.36. The minimum absolute atomic E-state index is 0.0463. The molecule has 2 heterocycles. The first-order valence-electron chi connectivity index (χ1n) is 9.70. The van der Waals surface area contributed by atoms with E-state index in [0.29, 0.717) is 17.0 Å². The minimum Gasteiger partial charge on any atom is -0.497 e. The van der Waals surface area contributed by atoms with Crippen LogP contribution in [0.15, 0.2) is 36.5 Å². The number of hydrogen-bond donors (Lipinski definition) is 2. The van der Waals surface area contributed by atoms with E-state index in [0.717, 1.165) is 23.4 Å². The first-order chi connectivity index (χ1) is 14.9. The molecule has 3 aromatic rings. The molecule has 0 radical (unpaired) electrons. The monoisotopic (exact) mass is 419 g/mol. The molecule has 0 aliphatic carbocycles. The van der Waals surface area contributed by atoms with Gasteiger partial charge in [-0.15, -0.1) is 0 Å². The Morgan fingerprint density at radius 1 is 1.19 bits per heavy atom. The summed E-state index contributed by atoms with van der Waals surface area (Å²) in [5.74, 6) is 0.117. The molecule has 1 aliphatic rings. The Morgan fingerprint density at radius 3 is 2.71 bits per heavy atom. The number of methoxy groups -OCH3 is 2. The largest absolute Gasteiger partial charge is 0.497 e. The Bertz CT molecular complexity index is 1200. The van der Waals surface area contributed by atoms with Crippen LogP contribution in [0.2, 0.25) is 0 Å². The number of halogens is 1. The summed E-state index contributed by atoms with van der Waals surface area (Å²) in [7, 11) is 2.88. The molecule has 4 rings (SSSR count). The van der Waals surface area contributed by atoms with Crippen LogP contribution < -0.4 is 20.1 Å². The van der Waals surface area contributed by atoms with E-state index in [9.17, 15) is 9.65 Å². The van der Waals surface area contributed by atoms with Crippen LogP contribution in [0.25, 0.3) is 11.3 Å².